The van der Waals surface area contributed by atoms with Gasteiger partial charge in [0, 0.05) is 12.1 Å². The zero-order valence-electron chi connectivity index (χ0n) is 15.1. The fraction of sp³-hybridized carbons (Fsp3) is 0.238. The minimum Gasteiger partial charge on any atom is -0.507 e. The van der Waals surface area contributed by atoms with Crippen molar-refractivity contribution in [1.82, 2.24) is 0 Å². The van der Waals surface area contributed by atoms with Crippen LogP contribution >= 0.6 is 0 Å². The molecule has 0 aliphatic rings. The van der Waals surface area contributed by atoms with Crippen LogP contribution in [0.15, 0.2) is 60.9 Å². The van der Waals surface area contributed by atoms with Gasteiger partial charge in [0.25, 0.3) is 0 Å². The van der Waals surface area contributed by atoms with Crippen LogP contribution in [0, 0.1) is 13.8 Å². The van der Waals surface area contributed by atoms with E-state index in [-0.39, 0.29) is 41.4 Å². The molecular formula is C21H20O6. The lowest BCUT2D eigenvalue weighted by molar-refractivity contribution is 0.410. The molecule has 0 saturated heterocycles. The van der Waals surface area contributed by atoms with Crippen LogP contribution in [0.3, 0.4) is 0 Å². The van der Waals surface area contributed by atoms with Crippen LogP contribution in [0.25, 0.3) is 0 Å². The molecule has 2 heterocycles. The van der Waals surface area contributed by atoms with Crippen molar-refractivity contribution in [3.8, 4) is 11.5 Å². The lowest BCUT2D eigenvalue weighted by Crippen LogP contribution is -2.18. The molecule has 3 rings (SSSR count). The van der Waals surface area contributed by atoms with E-state index in [2.05, 4.69) is 0 Å². The third kappa shape index (κ3) is 4.11. The van der Waals surface area contributed by atoms with Gasteiger partial charge in [0.15, 0.2) is 0 Å². The van der Waals surface area contributed by atoms with E-state index in [9.17, 15) is 19.8 Å². The Hall–Kier alpha value is -3.28. The summed E-state index contributed by atoms with van der Waals surface area (Å²) in [6.45, 7) is 3.16. The fourth-order valence-corrected chi connectivity index (χ4v) is 3.14. The number of aromatic hydroxyl groups is 2. The van der Waals surface area contributed by atoms with Crippen LogP contribution in [0.5, 0.6) is 11.5 Å². The van der Waals surface area contributed by atoms with Gasteiger partial charge < -0.3 is 19.0 Å². The summed E-state index contributed by atoms with van der Waals surface area (Å²) in [5.74, 6) is -0.0161. The van der Waals surface area contributed by atoms with Crippen molar-refractivity contribution in [2.75, 3.05) is 0 Å². The minimum atomic E-state index is -0.617. The third-order valence-electron chi connectivity index (χ3n) is 4.47. The van der Waals surface area contributed by atoms with Crippen LogP contribution in [0.2, 0.25) is 0 Å². The lowest BCUT2D eigenvalue weighted by atomic mass is 9.87. The van der Waals surface area contributed by atoms with Gasteiger partial charge >= 0.3 is 11.3 Å². The van der Waals surface area contributed by atoms with Crippen LogP contribution in [-0.2, 0) is 12.8 Å². The summed E-state index contributed by atoms with van der Waals surface area (Å²) < 4.78 is 10.2. The molecule has 2 N–H and O–H groups in total. The summed E-state index contributed by atoms with van der Waals surface area (Å²) in [7, 11) is 0. The van der Waals surface area contributed by atoms with E-state index in [4.69, 9.17) is 8.83 Å². The number of rotatable bonds is 5. The molecule has 3 aromatic rings. The molecule has 0 spiro atoms. The maximum atomic E-state index is 12.2. The van der Waals surface area contributed by atoms with Crippen molar-refractivity contribution in [1.29, 1.82) is 0 Å². The van der Waals surface area contributed by atoms with Gasteiger partial charge in [0.2, 0.25) is 0 Å². The standard InChI is InChI=1S/C21H20O6/c1-12-8-18(22)16(20(24)26-12)10-15(14-6-4-3-5-7-14)11-17-19(23)9-13(2)27-21(17)25/h3-9,15,22-23H,10-11H2,1-2H3. The highest BCUT2D eigenvalue weighted by Gasteiger charge is 2.22. The normalized spacial score (nSPS) is 11.1. The van der Waals surface area contributed by atoms with Crippen molar-refractivity contribution < 1.29 is 19.0 Å². The van der Waals surface area contributed by atoms with Crippen molar-refractivity contribution in [3.63, 3.8) is 0 Å². The van der Waals surface area contributed by atoms with E-state index >= 15 is 0 Å². The maximum Gasteiger partial charge on any atom is 0.342 e. The van der Waals surface area contributed by atoms with Crippen molar-refractivity contribution in [3.05, 3.63) is 91.5 Å². The third-order valence-corrected chi connectivity index (χ3v) is 4.47. The van der Waals surface area contributed by atoms with Gasteiger partial charge in [-0.05, 0) is 38.2 Å². The van der Waals surface area contributed by atoms with Crippen molar-refractivity contribution >= 4 is 0 Å². The van der Waals surface area contributed by atoms with Crippen molar-refractivity contribution in [2.24, 2.45) is 0 Å². The first-order valence-electron chi connectivity index (χ1n) is 8.55. The smallest absolute Gasteiger partial charge is 0.342 e. The summed E-state index contributed by atoms with van der Waals surface area (Å²) in [6.07, 6.45) is 0.288. The Bertz CT molecular complexity index is 995. The second-order valence-corrected chi connectivity index (χ2v) is 6.53. The molecule has 6 heteroatoms. The maximum absolute atomic E-state index is 12.2. The summed E-state index contributed by atoms with van der Waals surface area (Å²) in [6, 6.07) is 12.0. The molecule has 0 amide bonds. The molecule has 0 radical (unpaired) electrons. The molecule has 0 saturated carbocycles. The highest BCUT2D eigenvalue weighted by atomic mass is 16.4. The van der Waals surface area contributed by atoms with Gasteiger partial charge in [-0.1, -0.05) is 30.3 Å². The van der Waals surface area contributed by atoms with E-state index in [1.807, 2.05) is 30.3 Å². The van der Waals surface area contributed by atoms with Crippen LogP contribution in [0.1, 0.15) is 34.1 Å². The first-order chi connectivity index (χ1) is 12.8. The largest absolute Gasteiger partial charge is 0.507 e. The molecule has 0 aliphatic carbocycles. The zero-order chi connectivity index (χ0) is 19.6. The van der Waals surface area contributed by atoms with Crippen LogP contribution in [0.4, 0.5) is 0 Å². The SMILES string of the molecule is Cc1cc(O)c(CC(Cc2c(O)cc(C)oc2=O)c2ccccc2)c(=O)o1. The van der Waals surface area contributed by atoms with Gasteiger partial charge in [-0.2, -0.15) is 0 Å². The molecule has 27 heavy (non-hydrogen) atoms. The highest BCUT2D eigenvalue weighted by molar-refractivity contribution is 5.36. The average molecular weight is 368 g/mol. The monoisotopic (exact) mass is 368 g/mol. The summed E-state index contributed by atoms with van der Waals surface area (Å²) in [5, 5.41) is 20.4. The Morgan fingerprint density at radius 3 is 1.67 bits per heavy atom. The molecular weight excluding hydrogens is 348 g/mol. The number of hydrogen-bond donors (Lipinski definition) is 2. The van der Waals surface area contributed by atoms with Crippen molar-refractivity contribution in [2.45, 2.75) is 32.6 Å². The van der Waals surface area contributed by atoms with E-state index in [1.165, 1.54) is 12.1 Å². The zero-order valence-corrected chi connectivity index (χ0v) is 15.1. The Morgan fingerprint density at radius 2 is 1.26 bits per heavy atom. The van der Waals surface area contributed by atoms with Gasteiger partial charge in [0.1, 0.15) is 23.0 Å². The average Bonchev–Trinajstić information content (AvgIpc) is 2.59. The van der Waals surface area contributed by atoms with Gasteiger partial charge in [-0.25, -0.2) is 9.59 Å². The summed E-state index contributed by atoms with van der Waals surface area (Å²) in [5.41, 5.74) is -0.116. The number of hydrogen-bond acceptors (Lipinski definition) is 6. The molecule has 6 nitrogen and oxygen atoms in total. The van der Waals surface area contributed by atoms with Gasteiger partial charge in [-0.3, -0.25) is 0 Å². The highest BCUT2D eigenvalue weighted by Crippen LogP contribution is 2.29. The van der Waals surface area contributed by atoms with Crippen LogP contribution < -0.4 is 11.3 Å². The Labute approximate surface area is 155 Å². The molecule has 0 atom stereocenters. The minimum absolute atomic E-state index is 0.130. The van der Waals surface area contributed by atoms with Gasteiger partial charge in [-0.15, -0.1) is 0 Å². The molecule has 0 fully saturated rings. The van der Waals surface area contributed by atoms with Crippen LogP contribution in [-0.4, -0.2) is 10.2 Å². The Kier molecular flexibility index (Phi) is 5.16. The molecule has 140 valence electrons. The number of benzene rings is 1. The first-order valence-corrected chi connectivity index (χ1v) is 8.55. The fourth-order valence-electron chi connectivity index (χ4n) is 3.14. The van der Waals surface area contributed by atoms with E-state index in [0.29, 0.717) is 11.5 Å². The second-order valence-electron chi connectivity index (χ2n) is 6.53. The number of aryl methyl sites for hydroxylation is 2. The molecule has 0 bridgehead atoms. The Morgan fingerprint density at radius 1 is 0.815 bits per heavy atom. The topological polar surface area (TPSA) is 101 Å². The quantitative estimate of drug-likeness (QED) is 0.717. The lowest BCUT2D eigenvalue weighted by Gasteiger charge is -2.18. The first kappa shape index (κ1) is 18.5. The van der Waals surface area contributed by atoms with Gasteiger partial charge in [0.05, 0.1) is 11.1 Å². The van der Waals surface area contributed by atoms with E-state index in [0.717, 1.165) is 5.56 Å². The molecule has 1 aromatic carbocycles. The molecule has 0 unspecified atom stereocenters. The summed E-state index contributed by atoms with van der Waals surface area (Å²) in [4.78, 5) is 24.4. The predicted molar refractivity (Wildman–Crippen MR) is 99.4 cm³/mol. The Balaban J connectivity index is 2.04. The van der Waals surface area contributed by atoms with E-state index < -0.39 is 11.3 Å². The van der Waals surface area contributed by atoms with E-state index in [1.54, 1.807) is 13.8 Å². The second kappa shape index (κ2) is 7.53. The summed E-state index contributed by atoms with van der Waals surface area (Å²) >= 11 is 0. The molecule has 0 aliphatic heterocycles. The molecule has 2 aromatic heterocycles. The predicted octanol–water partition coefficient (Wildman–Crippen LogP) is 3.19.